The maximum Gasteiger partial charge on any atom is 0.268 e. The molecule has 2 aromatic rings. The lowest BCUT2D eigenvalue weighted by Crippen LogP contribution is -2.36. The van der Waals surface area contributed by atoms with Crippen LogP contribution in [-0.2, 0) is 12.8 Å². The lowest BCUT2D eigenvalue weighted by Gasteiger charge is -2.14. The summed E-state index contributed by atoms with van der Waals surface area (Å²) in [7, 11) is 3.57. The first-order valence-electron chi connectivity index (χ1n) is 8.66. The molecule has 1 aliphatic rings. The van der Waals surface area contributed by atoms with Crippen LogP contribution in [0.1, 0.15) is 50.4 Å². The molecular weight excluding hydrogens is 461 g/mol. The highest BCUT2D eigenvalue weighted by Crippen LogP contribution is 2.37. The predicted octanol–water partition coefficient (Wildman–Crippen LogP) is 4.08. The van der Waals surface area contributed by atoms with Gasteiger partial charge >= 0.3 is 0 Å². The number of aryl methyl sites for hydroxylation is 1. The van der Waals surface area contributed by atoms with Crippen molar-refractivity contribution in [1.82, 2.24) is 10.4 Å². The minimum atomic E-state index is -0.176. The van der Waals surface area contributed by atoms with Gasteiger partial charge in [0.25, 0.3) is 11.8 Å². The number of amides is 2. The van der Waals surface area contributed by atoms with Crippen molar-refractivity contribution < 1.29 is 9.59 Å². The lowest BCUT2D eigenvalue weighted by molar-refractivity contribution is 0.0857. The molecule has 0 saturated carbocycles. The molecular formula is C19H22IN3O2S. The molecule has 0 saturated heterocycles. The number of benzene rings is 1. The third kappa shape index (κ3) is 4.27. The zero-order valence-electron chi connectivity index (χ0n) is 14.9. The molecule has 5 nitrogen and oxygen atoms in total. The largest absolute Gasteiger partial charge is 0.313 e. The van der Waals surface area contributed by atoms with Crippen molar-refractivity contribution >= 4 is 50.7 Å². The molecule has 1 aliphatic carbocycles. The summed E-state index contributed by atoms with van der Waals surface area (Å²) in [5.41, 5.74) is 5.18. The van der Waals surface area contributed by atoms with E-state index < -0.39 is 0 Å². The second-order valence-electron chi connectivity index (χ2n) is 6.54. The van der Waals surface area contributed by atoms with Crippen LogP contribution in [0.4, 0.5) is 5.00 Å². The first-order valence-corrected chi connectivity index (χ1v) is 10.6. The number of anilines is 1. The van der Waals surface area contributed by atoms with Crippen LogP contribution in [0.3, 0.4) is 0 Å². The Kier molecular flexibility index (Phi) is 6.31. The Morgan fingerprint density at radius 1 is 1.08 bits per heavy atom. The van der Waals surface area contributed by atoms with E-state index >= 15 is 0 Å². The number of rotatable bonds is 4. The van der Waals surface area contributed by atoms with Gasteiger partial charge in [0, 0.05) is 22.5 Å². The van der Waals surface area contributed by atoms with Gasteiger partial charge in [-0.1, -0.05) is 18.6 Å². The summed E-state index contributed by atoms with van der Waals surface area (Å²) in [4.78, 5) is 26.8. The Bertz CT molecular complexity index is 832. The van der Waals surface area contributed by atoms with Crippen molar-refractivity contribution in [3.8, 4) is 0 Å². The summed E-state index contributed by atoms with van der Waals surface area (Å²) in [6.07, 6.45) is 5.25. The third-order valence-electron chi connectivity index (χ3n) is 4.32. The van der Waals surface area contributed by atoms with Gasteiger partial charge in [0.05, 0.1) is 11.1 Å². The van der Waals surface area contributed by atoms with Crippen LogP contribution in [-0.4, -0.2) is 30.9 Å². The fraction of sp³-hybridized carbons (Fsp3) is 0.368. The van der Waals surface area contributed by atoms with Crippen molar-refractivity contribution in [3.05, 3.63) is 49.4 Å². The minimum Gasteiger partial charge on any atom is -0.313 e. The van der Waals surface area contributed by atoms with E-state index in [0.29, 0.717) is 16.1 Å². The van der Waals surface area contributed by atoms with Crippen LogP contribution in [0.5, 0.6) is 0 Å². The molecule has 3 rings (SSSR count). The Balaban J connectivity index is 1.96. The minimum absolute atomic E-state index is 0.160. The maximum absolute atomic E-state index is 12.8. The number of hydrazine groups is 1. The summed E-state index contributed by atoms with van der Waals surface area (Å²) in [6, 6.07) is 7.45. The molecule has 0 fully saturated rings. The number of carbonyl (C=O) groups is 2. The second kappa shape index (κ2) is 8.49. The molecule has 1 aromatic carbocycles. The van der Waals surface area contributed by atoms with E-state index in [1.165, 1.54) is 11.3 Å². The Morgan fingerprint density at radius 3 is 2.54 bits per heavy atom. The van der Waals surface area contributed by atoms with Gasteiger partial charge in [0.2, 0.25) is 0 Å². The average molecular weight is 483 g/mol. The molecule has 1 aromatic heterocycles. The second-order valence-corrected chi connectivity index (χ2v) is 8.81. The van der Waals surface area contributed by atoms with Crippen LogP contribution >= 0.6 is 33.9 Å². The van der Waals surface area contributed by atoms with Crippen LogP contribution in [0, 0.1) is 3.57 Å². The van der Waals surface area contributed by atoms with Gasteiger partial charge < -0.3 is 5.32 Å². The van der Waals surface area contributed by atoms with Gasteiger partial charge in [-0.05, 0) is 66.0 Å². The average Bonchev–Trinajstić information content (AvgIpc) is 2.75. The first-order chi connectivity index (χ1) is 12.5. The number of hydrogen-bond acceptors (Lipinski definition) is 4. The van der Waals surface area contributed by atoms with E-state index in [1.54, 1.807) is 36.5 Å². The van der Waals surface area contributed by atoms with Gasteiger partial charge in [-0.25, -0.2) is 5.01 Å². The highest BCUT2D eigenvalue weighted by atomic mass is 127. The van der Waals surface area contributed by atoms with Crippen molar-refractivity contribution in [1.29, 1.82) is 0 Å². The van der Waals surface area contributed by atoms with Gasteiger partial charge in [-0.15, -0.1) is 11.3 Å². The molecule has 2 N–H and O–H groups in total. The lowest BCUT2D eigenvalue weighted by atomic mass is 10.0. The number of carbonyl (C=O) groups excluding carboxylic acids is 2. The van der Waals surface area contributed by atoms with E-state index in [4.69, 9.17) is 0 Å². The van der Waals surface area contributed by atoms with Gasteiger partial charge in [0.1, 0.15) is 5.00 Å². The summed E-state index contributed by atoms with van der Waals surface area (Å²) < 4.78 is 0.889. The molecule has 0 spiro atoms. The topological polar surface area (TPSA) is 61.4 Å². The fourth-order valence-corrected chi connectivity index (χ4v) is 5.06. The number of nitrogens with zero attached hydrogens (tertiary/aromatic N) is 1. The molecule has 0 bridgehead atoms. The van der Waals surface area contributed by atoms with E-state index in [9.17, 15) is 9.59 Å². The van der Waals surface area contributed by atoms with Crippen molar-refractivity contribution in [3.63, 3.8) is 0 Å². The summed E-state index contributed by atoms with van der Waals surface area (Å²) in [5.74, 6) is -0.335. The third-order valence-corrected chi connectivity index (χ3v) is 6.47. The first kappa shape index (κ1) is 19.3. The van der Waals surface area contributed by atoms with Gasteiger partial charge in [-0.3, -0.25) is 15.0 Å². The predicted molar refractivity (Wildman–Crippen MR) is 114 cm³/mol. The molecule has 2 amide bonds. The number of halogens is 1. The zero-order chi connectivity index (χ0) is 18.7. The number of nitrogens with one attached hydrogen (secondary N) is 2. The Labute approximate surface area is 171 Å². The SMILES string of the molecule is CN(C)NC(=O)c1c(NC(=O)c2ccccc2I)sc2c1CCCCC2. The summed E-state index contributed by atoms with van der Waals surface area (Å²) in [6.45, 7) is 0. The van der Waals surface area contributed by atoms with Crippen molar-refractivity contribution in [2.24, 2.45) is 0 Å². The van der Waals surface area contributed by atoms with E-state index in [2.05, 4.69) is 33.3 Å². The molecule has 26 heavy (non-hydrogen) atoms. The standard InChI is InChI=1S/C19H22IN3O2S/c1-23(2)22-18(25)16-13-9-4-3-5-11-15(13)26-19(16)21-17(24)12-8-6-7-10-14(12)20/h6-8,10H,3-5,9,11H2,1-2H3,(H,21,24)(H,22,25). The molecule has 1 heterocycles. The molecule has 0 unspecified atom stereocenters. The van der Waals surface area contributed by atoms with Crippen LogP contribution in [0.25, 0.3) is 0 Å². The molecule has 138 valence electrons. The Hall–Kier alpha value is -1.45. The molecule has 0 atom stereocenters. The van der Waals surface area contributed by atoms with Crippen LogP contribution < -0.4 is 10.7 Å². The van der Waals surface area contributed by atoms with Crippen LogP contribution in [0.2, 0.25) is 0 Å². The van der Waals surface area contributed by atoms with Crippen LogP contribution in [0.15, 0.2) is 24.3 Å². The van der Waals surface area contributed by atoms with Gasteiger partial charge in [0.15, 0.2) is 0 Å². The van der Waals surface area contributed by atoms with E-state index in [0.717, 1.165) is 34.8 Å². The highest BCUT2D eigenvalue weighted by Gasteiger charge is 2.26. The number of thiophene rings is 1. The normalized spacial score (nSPS) is 13.8. The highest BCUT2D eigenvalue weighted by molar-refractivity contribution is 14.1. The molecule has 7 heteroatoms. The number of hydrogen-bond donors (Lipinski definition) is 2. The monoisotopic (exact) mass is 483 g/mol. The van der Waals surface area contributed by atoms with Crippen molar-refractivity contribution in [2.75, 3.05) is 19.4 Å². The maximum atomic E-state index is 12.8. The Morgan fingerprint density at radius 2 is 1.81 bits per heavy atom. The quantitative estimate of drug-likeness (QED) is 0.392. The molecule has 0 radical (unpaired) electrons. The zero-order valence-corrected chi connectivity index (χ0v) is 17.9. The fourth-order valence-electron chi connectivity index (χ4n) is 3.15. The summed E-state index contributed by atoms with van der Waals surface area (Å²) >= 11 is 3.70. The molecule has 0 aliphatic heterocycles. The van der Waals surface area contributed by atoms with Crippen molar-refractivity contribution in [2.45, 2.75) is 32.1 Å². The number of fused-ring (bicyclic) bond motifs is 1. The van der Waals surface area contributed by atoms with Gasteiger partial charge in [-0.2, -0.15) is 0 Å². The smallest absolute Gasteiger partial charge is 0.268 e. The van der Waals surface area contributed by atoms with E-state index in [-0.39, 0.29) is 11.8 Å². The van der Waals surface area contributed by atoms with E-state index in [1.807, 2.05) is 18.2 Å². The summed E-state index contributed by atoms with van der Waals surface area (Å²) in [5, 5.41) is 5.28.